The average molecular weight is 713 g/mol. The van der Waals surface area contributed by atoms with Crippen LogP contribution < -0.4 is 0 Å². The summed E-state index contributed by atoms with van der Waals surface area (Å²) in [5.74, 6) is 3.98. The Morgan fingerprint density at radius 3 is 2.06 bits per heavy atom. The van der Waals surface area contributed by atoms with Crippen molar-refractivity contribution < 1.29 is 4.42 Å². The molecule has 5 aliphatic carbocycles. The average Bonchev–Trinajstić information content (AvgIpc) is 3.88. The first kappa shape index (κ1) is 29.8. The molecule has 0 N–H and O–H groups in total. The molecule has 5 aliphatic rings. The van der Waals surface area contributed by atoms with Gasteiger partial charge in [-0.15, -0.1) is 11.3 Å². The number of furan rings is 1. The molecule has 4 fully saturated rings. The molecule has 1 spiro atoms. The highest BCUT2D eigenvalue weighted by atomic mass is 32.1. The van der Waals surface area contributed by atoms with E-state index in [0.717, 1.165) is 68.3 Å². The molecule has 4 heteroatoms. The van der Waals surface area contributed by atoms with Crippen molar-refractivity contribution in [1.82, 2.24) is 9.97 Å². The van der Waals surface area contributed by atoms with Gasteiger partial charge in [0.15, 0.2) is 5.82 Å². The van der Waals surface area contributed by atoms with Gasteiger partial charge in [0.25, 0.3) is 0 Å². The summed E-state index contributed by atoms with van der Waals surface area (Å²) >= 11 is 1.84. The molecule has 0 unspecified atom stereocenters. The molecule has 14 rings (SSSR count). The highest BCUT2D eigenvalue weighted by Gasteiger charge is 2.61. The fourth-order valence-corrected chi connectivity index (χ4v) is 13.2. The van der Waals surface area contributed by atoms with Crippen molar-refractivity contribution in [2.45, 2.75) is 37.5 Å². The number of benzene rings is 6. The summed E-state index contributed by atoms with van der Waals surface area (Å²) in [6.45, 7) is 0. The normalized spacial score (nSPS) is 23.6. The van der Waals surface area contributed by atoms with Crippen LogP contribution in [0.3, 0.4) is 0 Å². The molecule has 258 valence electrons. The van der Waals surface area contributed by atoms with Crippen LogP contribution in [0, 0.1) is 23.7 Å². The van der Waals surface area contributed by atoms with E-state index in [2.05, 4.69) is 127 Å². The van der Waals surface area contributed by atoms with Crippen molar-refractivity contribution in [2.75, 3.05) is 0 Å². The topological polar surface area (TPSA) is 38.9 Å². The van der Waals surface area contributed by atoms with Crippen LogP contribution in [0.1, 0.15) is 43.2 Å². The molecule has 4 bridgehead atoms. The zero-order valence-electron chi connectivity index (χ0n) is 29.8. The van der Waals surface area contributed by atoms with E-state index in [1.165, 1.54) is 74.4 Å². The fraction of sp³-hybridized carbons (Fsp3) is 0.200. The summed E-state index contributed by atoms with van der Waals surface area (Å²) in [4.78, 5) is 10.5. The molecule has 0 saturated heterocycles. The molecule has 0 amide bonds. The van der Waals surface area contributed by atoms with E-state index in [9.17, 15) is 0 Å². The zero-order chi connectivity index (χ0) is 35.1. The number of fused-ring (bicyclic) bond motifs is 10. The Hall–Kier alpha value is -5.58. The largest absolute Gasteiger partial charge is 0.455 e. The second-order valence-electron chi connectivity index (χ2n) is 16.5. The number of para-hydroxylation sites is 1. The maximum absolute atomic E-state index is 7.25. The minimum Gasteiger partial charge on any atom is -0.455 e. The molecule has 0 radical (unpaired) electrons. The highest BCUT2D eigenvalue weighted by Crippen LogP contribution is 2.70. The van der Waals surface area contributed by atoms with Crippen LogP contribution >= 0.6 is 11.3 Å². The predicted molar refractivity (Wildman–Crippen MR) is 222 cm³/mol. The maximum atomic E-state index is 7.25. The maximum Gasteiger partial charge on any atom is 0.160 e. The van der Waals surface area contributed by atoms with Gasteiger partial charge in [-0.2, -0.15) is 0 Å². The van der Waals surface area contributed by atoms with Crippen LogP contribution in [0.25, 0.3) is 87.1 Å². The standard InChI is InChI=1S/C50H36N2OS/c1-2-9-30(10-3-1)49-51-42(31-17-18-35-34-11-5-7-16-44(34)54-45(35)26-31)27-43(52-49)39-14-8-13-36-37-19-20-41-46(48(37)53-47(36)39)38-12-4-6-15-40(38)50(41)32-22-28-21-29(24-32)25-33(50)23-28/h1-20,26-29,32-33H,21-25H2. The van der Waals surface area contributed by atoms with Crippen molar-refractivity contribution in [2.24, 2.45) is 23.7 Å². The van der Waals surface area contributed by atoms with Crippen LogP contribution in [0.5, 0.6) is 0 Å². The van der Waals surface area contributed by atoms with Gasteiger partial charge < -0.3 is 4.42 Å². The minimum absolute atomic E-state index is 0.108. The van der Waals surface area contributed by atoms with Crippen molar-refractivity contribution in [3.05, 3.63) is 145 Å². The molecule has 6 aromatic carbocycles. The third kappa shape index (κ3) is 3.91. The van der Waals surface area contributed by atoms with E-state index in [-0.39, 0.29) is 5.41 Å². The van der Waals surface area contributed by atoms with E-state index in [1.54, 1.807) is 5.56 Å². The smallest absolute Gasteiger partial charge is 0.160 e. The predicted octanol–water partition coefficient (Wildman–Crippen LogP) is 13.5. The van der Waals surface area contributed by atoms with Crippen molar-refractivity contribution in [3.8, 4) is 45.0 Å². The first-order valence-electron chi connectivity index (χ1n) is 19.7. The van der Waals surface area contributed by atoms with Gasteiger partial charge in [0.2, 0.25) is 0 Å². The van der Waals surface area contributed by atoms with E-state index < -0.39 is 0 Å². The SMILES string of the molecule is c1ccc(-c2nc(-c3ccc4c(c3)sc3ccccc34)cc(-c3cccc4c3oc3c5c(ccc34)C3(c4ccccc4-5)C4CC5CC(C4)CC3C5)n2)cc1. The molecule has 3 heterocycles. The summed E-state index contributed by atoms with van der Waals surface area (Å²) in [5, 5.41) is 4.92. The van der Waals surface area contributed by atoms with Gasteiger partial charge in [-0.3, -0.25) is 0 Å². The Labute approximate surface area is 317 Å². The number of aromatic nitrogens is 2. The number of nitrogens with zero attached hydrogens (tertiary/aromatic N) is 2. The Balaban J connectivity index is 1.03. The van der Waals surface area contributed by atoms with Gasteiger partial charge in [0.1, 0.15) is 11.2 Å². The number of hydrogen-bond acceptors (Lipinski definition) is 4. The molecule has 3 aromatic heterocycles. The van der Waals surface area contributed by atoms with Crippen molar-refractivity contribution >= 4 is 53.4 Å². The van der Waals surface area contributed by atoms with Gasteiger partial charge >= 0.3 is 0 Å². The first-order valence-corrected chi connectivity index (χ1v) is 20.5. The third-order valence-electron chi connectivity index (χ3n) is 13.9. The van der Waals surface area contributed by atoms with Gasteiger partial charge in [-0.1, -0.05) is 109 Å². The van der Waals surface area contributed by atoms with Gasteiger partial charge in [-0.25, -0.2) is 9.97 Å². The van der Waals surface area contributed by atoms with Crippen molar-refractivity contribution in [3.63, 3.8) is 0 Å². The first-order chi connectivity index (χ1) is 26.7. The molecule has 54 heavy (non-hydrogen) atoms. The zero-order valence-corrected chi connectivity index (χ0v) is 30.6. The summed E-state index contributed by atoms with van der Waals surface area (Å²) < 4.78 is 9.82. The van der Waals surface area contributed by atoms with Crippen LogP contribution in [-0.4, -0.2) is 9.97 Å². The molecule has 4 saturated carbocycles. The lowest BCUT2D eigenvalue weighted by Gasteiger charge is -2.61. The lowest BCUT2D eigenvalue weighted by atomic mass is 9.43. The molecular weight excluding hydrogens is 677 g/mol. The van der Waals surface area contributed by atoms with Crippen LogP contribution in [0.4, 0.5) is 0 Å². The summed E-state index contributed by atoms with van der Waals surface area (Å²) in [6.07, 6.45) is 6.95. The third-order valence-corrected chi connectivity index (χ3v) is 15.0. The molecule has 9 aromatic rings. The van der Waals surface area contributed by atoms with E-state index in [0.29, 0.717) is 5.82 Å². The quantitative estimate of drug-likeness (QED) is 0.183. The Kier molecular flexibility index (Phi) is 5.95. The summed E-state index contributed by atoms with van der Waals surface area (Å²) in [5.41, 5.74) is 12.7. The van der Waals surface area contributed by atoms with Gasteiger partial charge in [0.05, 0.1) is 11.4 Å². The fourth-order valence-electron chi connectivity index (χ4n) is 12.0. The molecule has 0 atom stereocenters. The lowest BCUT2D eigenvalue weighted by molar-refractivity contribution is -0.0399. The van der Waals surface area contributed by atoms with Crippen LogP contribution in [0.2, 0.25) is 0 Å². The number of thiophene rings is 1. The lowest BCUT2D eigenvalue weighted by Crippen LogP contribution is -2.55. The Bertz CT molecular complexity index is 3000. The summed E-state index contributed by atoms with van der Waals surface area (Å²) in [7, 11) is 0. The molecule has 3 nitrogen and oxygen atoms in total. The number of hydrogen-bond donors (Lipinski definition) is 0. The van der Waals surface area contributed by atoms with E-state index >= 15 is 0 Å². The van der Waals surface area contributed by atoms with Gasteiger partial charge in [-0.05, 0) is 96.7 Å². The minimum atomic E-state index is 0.108. The van der Waals surface area contributed by atoms with E-state index in [4.69, 9.17) is 14.4 Å². The summed E-state index contributed by atoms with van der Waals surface area (Å²) in [6, 6.07) is 48.7. The second kappa shape index (κ2) is 10.8. The van der Waals surface area contributed by atoms with Crippen LogP contribution in [-0.2, 0) is 5.41 Å². The Morgan fingerprint density at radius 2 is 1.19 bits per heavy atom. The molecular formula is C50H36N2OS. The Morgan fingerprint density at radius 1 is 0.500 bits per heavy atom. The number of rotatable bonds is 3. The monoisotopic (exact) mass is 712 g/mol. The highest BCUT2D eigenvalue weighted by molar-refractivity contribution is 7.25. The second-order valence-corrected chi connectivity index (χ2v) is 17.6. The molecule has 0 aliphatic heterocycles. The van der Waals surface area contributed by atoms with E-state index in [1.807, 2.05) is 17.4 Å². The van der Waals surface area contributed by atoms with Gasteiger partial charge in [0, 0.05) is 58.6 Å². The van der Waals surface area contributed by atoms with Crippen molar-refractivity contribution in [1.29, 1.82) is 0 Å². The van der Waals surface area contributed by atoms with Crippen LogP contribution in [0.15, 0.2) is 138 Å².